The lowest BCUT2D eigenvalue weighted by Gasteiger charge is -2.48. The van der Waals surface area contributed by atoms with Crippen LogP contribution in [0.1, 0.15) is 37.1 Å². The first-order chi connectivity index (χ1) is 10.0. The van der Waals surface area contributed by atoms with Crippen molar-refractivity contribution in [2.24, 2.45) is 12.5 Å². The van der Waals surface area contributed by atoms with Crippen molar-refractivity contribution >= 4 is 5.69 Å². The van der Waals surface area contributed by atoms with E-state index in [2.05, 4.69) is 10.2 Å². The topological polar surface area (TPSA) is 73.8 Å². The molecule has 4 rings (SSSR count). The minimum absolute atomic E-state index is 0.144. The van der Waals surface area contributed by atoms with Gasteiger partial charge in [0.05, 0.1) is 10.3 Å². The third-order valence-corrected chi connectivity index (χ3v) is 5.06. The predicted molar refractivity (Wildman–Crippen MR) is 75.8 cm³/mol. The van der Waals surface area contributed by atoms with Crippen LogP contribution >= 0.6 is 0 Å². The van der Waals surface area contributed by atoms with E-state index in [-0.39, 0.29) is 16.0 Å². The largest absolute Gasteiger partial charge is 0.320 e. The van der Waals surface area contributed by atoms with Crippen molar-refractivity contribution in [2.75, 3.05) is 0 Å². The molecule has 0 amide bonds. The first kappa shape index (κ1) is 12.5. The van der Waals surface area contributed by atoms with Crippen LogP contribution in [0.25, 0.3) is 0 Å². The molecule has 1 aromatic carbocycles. The highest BCUT2D eigenvalue weighted by Crippen LogP contribution is 2.70. The van der Waals surface area contributed by atoms with Crippen molar-refractivity contribution in [1.82, 2.24) is 14.8 Å². The maximum Gasteiger partial charge on any atom is 0.269 e. The van der Waals surface area contributed by atoms with Gasteiger partial charge in [0, 0.05) is 19.2 Å². The summed E-state index contributed by atoms with van der Waals surface area (Å²) in [5.74, 6) is 0.917. The molecule has 2 aromatic rings. The summed E-state index contributed by atoms with van der Waals surface area (Å²) in [5.41, 5.74) is 1.38. The molecule has 108 valence electrons. The third-order valence-electron chi connectivity index (χ3n) is 5.06. The highest BCUT2D eigenvalue weighted by molar-refractivity contribution is 5.45. The van der Waals surface area contributed by atoms with Gasteiger partial charge in [-0.15, -0.1) is 10.2 Å². The summed E-state index contributed by atoms with van der Waals surface area (Å²) < 4.78 is 1.94. The molecule has 2 aliphatic rings. The molecule has 2 saturated carbocycles. The Bertz CT molecular complexity index is 725. The number of rotatable bonds is 3. The van der Waals surface area contributed by atoms with E-state index in [0.29, 0.717) is 5.41 Å². The van der Waals surface area contributed by atoms with Gasteiger partial charge >= 0.3 is 0 Å². The summed E-state index contributed by atoms with van der Waals surface area (Å²) in [6.45, 7) is 0. The normalized spacial score (nSPS) is 21.0. The van der Waals surface area contributed by atoms with Crippen LogP contribution in [0.5, 0.6) is 0 Å². The Balaban J connectivity index is 1.82. The molecule has 1 spiro atoms. The van der Waals surface area contributed by atoms with Crippen LogP contribution in [0.4, 0.5) is 5.69 Å². The van der Waals surface area contributed by atoms with Gasteiger partial charge in [0.25, 0.3) is 5.69 Å². The zero-order valence-corrected chi connectivity index (χ0v) is 11.8. The van der Waals surface area contributed by atoms with Gasteiger partial charge in [0.1, 0.15) is 12.2 Å². The predicted octanol–water partition coefficient (Wildman–Crippen LogP) is 2.58. The summed E-state index contributed by atoms with van der Waals surface area (Å²) in [7, 11) is 1.94. The smallest absolute Gasteiger partial charge is 0.269 e. The first-order valence-electron chi connectivity index (χ1n) is 7.14. The van der Waals surface area contributed by atoms with Crippen LogP contribution in [-0.4, -0.2) is 19.7 Å². The van der Waals surface area contributed by atoms with E-state index in [4.69, 9.17) is 0 Å². The zero-order chi connectivity index (χ0) is 14.7. The number of aryl methyl sites for hydroxylation is 1. The number of hydrogen-bond acceptors (Lipinski definition) is 4. The fourth-order valence-corrected chi connectivity index (χ4v) is 3.88. The highest BCUT2D eigenvalue weighted by Gasteiger charge is 2.63. The van der Waals surface area contributed by atoms with Gasteiger partial charge in [-0.2, -0.15) is 0 Å². The van der Waals surface area contributed by atoms with Crippen LogP contribution in [0.2, 0.25) is 0 Å². The van der Waals surface area contributed by atoms with Gasteiger partial charge in [-0.05, 0) is 36.7 Å². The van der Waals surface area contributed by atoms with E-state index in [1.807, 2.05) is 17.7 Å². The molecule has 0 saturated heterocycles. The van der Waals surface area contributed by atoms with E-state index in [9.17, 15) is 10.1 Å². The fraction of sp³-hybridized carbons (Fsp3) is 0.467. The molecule has 2 fully saturated rings. The van der Waals surface area contributed by atoms with Crippen LogP contribution < -0.4 is 0 Å². The van der Waals surface area contributed by atoms with E-state index < -0.39 is 0 Å². The average molecular weight is 284 g/mol. The van der Waals surface area contributed by atoms with Gasteiger partial charge < -0.3 is 4.57 Å². The number of aromatic nitrogens is 3. The lowest BCUT2D eigenvalue weighted by Crippen LogP contribution is -2.45. The van der Waals surface area contributed by atoms with Gasteiger partial charge in [0.2, 0.25) is 0 Å². The number of nitro benzene ring substituents is 1. The number of nitro groups is 1. The SMILES string of the molecule is Cn1cnnc1C1(c2cccc([N+](=O)[O-])c2)CC2(CC2)C1. The second-order valence-electron chi connectivity index (χ2n) is 6.51. The van der Waals surface area contributed by atoms with Gasteiger partial charge in [-0.3, -0.25) is 10.1 Å². The number of hydrogen-bond donors (Lipinski definition) is 0. The Morgan fingerprint density at radius 3 is 2.67 bits per heavy atom. The van der Waals surface area contributed by atoms with Crippen molar-refractivity contribution < 1.29 is 4.92 Å². The Morgan fingerprint density at radius 2 is 2.10 bits per heavy atom. The van der Waals surface area contributed by atoms with E-state index in [1.54, 1.807) is 24.5 Å². The fourth-order valence-electron chi connectivity index (χ4n) is 3.88. The minimum atomic E-state index is -0.334. The summed E-state index contributed by atoms with van der Waals surface area (Å²) in [5, 5.41) is 19.3. The highest BCUT2D eigenvalue weighted by atomic mass is 16.6. The van der Waals surface area contributed by atoms with Crippen molar-refractivity contribution in [2.45, 2.75) is 31.1 Å². The molecule has 0 atom stereocenters. The molecule has 1 heterocycles. The maximum absolute atomic E-state index is 11.1. The standard InChI is InChI=1S/C15H16N4O2/c1-18-10-16-17-13(18)15(8-14(9-15)5-6-14)11-3-2-4-12(7-11)19(20)21/h2-4,7,10H,5-6,8-9H2,1H3. The Kier molecular flexibility index (Phi) is 2.32. The molecule has 0 unspecified atom stereocenters. The number of benzene rings is 1. The van der Waals surface area contributed by atoms with Crippen LogP contribution in [0, 0.1) is 15.5 Å². The Hall–Kier alpha value is -2.24. The minimum Gasteiger partial charge on any atom is -0.320 e. The molecule has 0 radical (unpaired) electrons. The Morgan fingerprint density at radius 1 is 1.33 bits per heavy atom. The molecule has 6 heteroatoms. The van der Waals surface area contributed by atoms with Crippen molar-refractivity contribution in [1.29, 1.82) is 0 Å². The van der Waals surface area contributed by atoms with Crippen LogP contribution in [0.3, 0.4) is 0 Å². The monoisotopic (exact) mass is 284 g/mol. The van der Waals surface area contributed by atoms with Crippen LogP contribution in [-0.2, 0) is 12.5 Å². The summed E-state index contributed by atoms with van der Waals surface area (Å²) >= 11 is 0. The van der Waals surface area contributed by atoms with E-state index >= 15 is 0 Å². The molecule has 21 heavy (non-hydrogen) atoms. The second kappa shape index (κ2) is 3.90. The summed E-state index contributed by atoms with van der Waals surface area (Å²) in [6.07, 6.45) is 6.27. The molecular weight excluding hydrogens is 268 g/mol. The number of nitrogens with zero attached hydrogens (tertiary/aromatic N) is 4. The van der Waals surface area contributed by atoms with Gasteiger partial charge in [-0.1, -0.05) is 12.1 Å². The summed E-state index contributed by atoms with van der Waals surface area (Å²) in [6, 6.07) is 6.99. The Labute approximate surface area is 122 Å². The lowest BCUT2D eigenvalue weighted by molar-refractivity contribution is -0.385. The van der Waals surface area contributed by atoms with Gasteiger partial charge in [0.15, 0.2) is 0 Å². The molecule has 1 aromatic heterocycles. The molecule has 0 N–H and O–H groups in total. The zero-order valence-electron chi connectivity index (χ0n) is 11.8. The lowest BCUT2D eigenvalue weighted by atomic mass is 9.56. The number of non-ortho nitro benzene ring substituents is 1. The van der Waals surface area contributed by atoms with Crippen LogP contribution in [0.15, 0.2) is 30.6 Å². The van der Waals surface area contributed by atoms with Gasteiger partial charge in [-0.25, -0.2) is 0 Å². The van der Waals surface area contributed by atoms with Crippen molar-refractivity contribution in [3.63, 3.8) is 0 Å². The molecule has 2 aliphatic carbocycles. The molecule has 6 nitrogen and oxygen atoms in total. The van der Waals surface area contributed by atoms with E-state index in [0.717, 1.165) is 24.2 Å². The van der Waals surface area contributed by atoms with E-state index in [1.165, 1.54) is 12.8 Å². The first-order valence-corrected chi connectivity index (χ1v) is 7.14. The molecule has 0 bridgehead atoms. The average Bonchev–Trinajstić information content (AvgIpc) is 3.12. The quantitative estimate of drug-likeness (QED) is 0.641. The van der Waals surface area contributed by atoms with Crippen molar-refractivity contribution in [3.05, 3.63) is 52.1 Å². The third kappa shape index (κ3) is 1.71. The molecular formula is C15H16N4O2. The molecule has 0 aliphatic heterocycles. The second-order valence-corrected chi connectivity index (χ2v) is 6.51. The maximum atomic E-state index is 11.1. The van der Waals surface area contributed by atoms with Crippen molar-refractivity contribution in [3.8, 4) is 0 Å². The summed E-state index contributed by atoms with van der Waals surface area (Å²) in [4.78, 5) is 10.7.